The standard InChI is InChI=1S/C34H49N5O4S/c1-27(42-32-9-7-8-23-40-32)33-35-16-17-39(33)26-29-25-31(43-36-29)15-12-28-10-13-30(14-11-28)38-20-18-37(19-21-38)22-24-41-44(5,6)34(2,3)4/h10-11,13-14,16-17,25,27,32H,7-9,18-24,26H2,1-6H3/t27-,32?/m0/s1. The Kier molecular flexibility index (Phi) is 10.8. The lowest BCUT2D eigenvalue weighted by molar-refractivity contribution is -0.188. The van der Waals surface area contributed by atoms with Crippen molar-refractivity contribution in [3.63, 3.8) is 0 Å². The molecular weight excluding hydrogens is 574 g/mol. The van der Waals surface area contributed by atoms with Crippen molar-refractivity contribution >= 4 is 16.0 Å². The van der Waals surface area contributed by atoms with Gasteiger partial charge in [0.25, 0.3) is 0 Å². The summed E-state index contributed by atoms with van der Waals surface area (Å²) in [7, 11) is -1.07. The molecule has 2 aliphatic heterocycles. The van der Waals surface area contributed by atoms with Crippen LogP contribution in [0.15, 0.2) is 47.2 Å². The number of aromatic nitrogens is 3. The molecule has 3 aromatic rings. The molecule has 0 N–H and O–H groups in total. The van der Waals surface area contributed by atoms with Crippen LogP contribution in [0.3, 0.4) is 0 Å². The molecule has 0 bridgehead atoms. The zero-order valence-electron chi connectivity index (χ0n) is 27.3. The molecule has 5 rings (SSSR count). The van der Waals surface area contributed by atoms with Crippen LogP contribution in [0.1, 0.15) is 75.9 Å². The predicted molar refractivity (Wildman–Crippen MR) is 177 cm³/mol. The van der Waals surface area contributed by atoms with Gasteiger partial charge in [-0.15, -0.1) is 10.3 Å². The van der Waals surface area contributed by atoms with Gasteiger partial charge in [0.1, 0.15) is 17.6 Å². The van der Waals surface area contributed by atoms with Crippen molar-refractivity contribution in [3.8, 4) is 11.8 Å². The molecule has 2 aliphatic rings. The van der Waals surface area contributed by atoms with Crippen LogP contribution in [0, 0.1) is 11.8 Å². The summed E-state index contributed by atoms with van der Waals surface area (Å²) < 4.78 is 25.9. The van der Waals surface area contributed by atoms with Gasteiger partial charge in [-0.05, 0) is 68.9 Å². The van der Waals surface area contributed by atoms with Gasteiger partial charge >= 0.3 is 0 Å². The number of anilines is 1. The lowest BCUT2D eigenvalue weighted by Crippen LogP contribution is -2.47. The molecule has 1 unspecified atom stereocenters. The number of rotatable bonds is 10. The minimum absolute atomic E-state index is 0.167. The van der Waals surface area contributed by atoms with Gasteiger partial charge in [-0.1, -0.05) is 31.8 Å². The number of piperazine rings is 1. The van der Waals surface area contributed by atoms with Gasteiger partial charge in [0, 0.05) is 73.8 Å². The Morgan fingerprint density at radius 2 is 1.84 bits per heavy atom. The van der Waals surface area contributed by atoms with Gasteiger partial charge in [-0.25, -0.2) is 4.98 Å². The third-order valence-electron chi connectivity index (χ3n) is 8.69. The van der Waals surface area contributed by atoms with Crippen molar-refractivity contribution in [3.05, 3.63) is 65.6 Å². The molecule has 9 nitrogen and oxygen atoms in total. The number of nitrogens with zero attached hydrogens (tertiary/aromatic N) is 5. The summed E-state index contributed by atoms with van der Waals surface area (Å²) in [6.07, 6.45) is 11.1. The number of benzene rings is 1. The van der Waals surface area contributed by atoms with Crippen LogP contribution < -0.4 is 4.90 Å². The summed E-state index contributed by atoms with van der Waals surface area (Å²) in [5.41, 5.74) is 2.96. The highest BCUT2D eigenvalue weighted by Crippen LogP contribution is 2.53. The second kappa shape index (κ2) is 14.5. The first kappa shape index (κ1) is 32.6. The topological polar surface area (TPSA) is 78.0 Å². The van der Waals surface area contributed by atoms with E-state index >= 15 is 0 Å². The van der Waals surface area contributed by atoms with E-state index in [1.165, 1.54) is 5.69 Å². The molecule has 44 heavy (non-hydrogen) atoms. The largest absolute Gasteiger partial charge is 0.369 e. The monoisotopic (exact) mass is 623 g/mol. The highest BCUT2D eigenvalue weighted by Gasteiger charge is 2.29. The molecule has 10 heteroatoms. The van der Waals surface area contributed by atoms with Gasteiger partial charge in [0.05, 0.1) is 13.2 Å². The Morgan fingerprint density at radius 1 is 1.07 bits per heavy atom. The van der Waals surface area contributed by atoms with Gasteiger partial charge in [-0.2, -0.15) is 0 Å². The first-order valence-corrected chi connectivity index (χ1v) is 18.2. The molecule has 1 aromatic carbocycles. The van der Waals surface area contributed by atoms with Gasteiger partial charge < -0.3 is 27.6 Å². The van der Waals surface area contributed by atoms with Crippen LogP contribution in [-0.2, 0) is 20.2 Å². The predicted octanol–water partition coefficient (Wildman–Crippen LogP) is 5.84. The van der Waals surface area contributed by atoms with Gasteiger partial charge in [0.2, 0.25) is 5.76 Å². The molecule has 2 aromatic heterocycles. The fourth-order valence-electron chi connectivity index (χ4n) is 5.21. The molecule has 0 spiro atoms. The molecular formula is C34H49N5O4S. The third kappa shape index (κ3) is 8.67. The number of hydrogen-bond acceptors (Lipinski definition) is 8. The molecule has 2 atom stereocenters. The molecule has 0 aliphatic carbocycles. The van der Waals surface area contributed by atoms with E-state index in [0.717, 1.165) is 82.3 Å². The van der Waals surface area contributed by atoms with E-state index in [1.54, 1.807) is 6.20 Å². The highest BCUT2D eigenvalue weighted by molar-refractivity contribution is 8.29. The molecule has 240 valence electrons. The van der Waals surface area contributed by atoms with Crippen LogP contribution in [0.5, 0.6) is 0 Å². The normalized spacial score (nSPS) is 19.4. The average Bonchev–Trinajstić information content (AvgIpc) is 3.66. The minimum atomic E-state index is -1.07. The van der Waals surface area contributed by atoms with Crippen LogP contribution in [-0.4, -0.2) is 89.1 Å². The van der Waals surface area contributed by atoms with Crippen molar-refractivity contribution in [2.24, 2.45) is 0 Å². The summed E-state index contributed by atoms with van der Waals surface area (Å²) in [5.74, 6) is 7.72. The summed E-state index contributed by atoms with van der Waals surface area (Å²) in [6, 6.07) is 10.4. The Labute approximate surface area is 264 Å². The quantitative estimate of drug-likeness (QED) is 0.261. The van der Waals surface area contributed by atoms with Gasteiger partial charge in [0.15, 0.2) is 6.29 Å². The number of hydrogen-bond donors (Lipinski definition) is 0. The van der Waals surface area contributed by atoms with Crippen molar-refractivity contribution in [1.82, 2.24) is 19.6 Å². The van der Waals surface area contributed by atoms with Crippen molar-refractivity contribution in [2.75, 3.05) is 63.3 Å². The SMILES string of the molecule is C[C@H](OC1CCCCO1)c1nccn1Cc1cc(C#Cc2ccc(N3CCN(CCOS(C)(C)C(C)(C)C)CC3)cc2)on1. The summed E-state index contributed by atoms with van der Waals surface area (Å²) >= 11 is 0. The molecule has 0 amide bonds. The van der Waals surface area contributed by atoms with Gasteiger partial charge in [-0.3, -0.25) is 4.90 Å². The zero-order valence-corrected chi connectivity index (χ0v) is 28.1. The van der Waals surface area contributed by atoms with E-state index in [0.29, 0.717) is 12.3 Å². The van der Waals surface area contributed by atoms with Crippen molar-refractivity contribution in [2.45, 2.75) is 70.6 Å². The summed E-state index contributed by atoms with van der Waals surface area (Å²) in [6.45, 7) is 16.0. The maximum Gasteiger partial charge on any atom is 0.210 e. The molecule has 0 radical (unpaired) electrons. The van der Waals surface area contributed by atoms with E-state index in [2.05, 4.69) is 89.3 Å². The van der Waals surface area contributed by atoms with E-state index in [1.807, 2.05) is 23.8 Å². The second-order valence-corrected chi connectivity index (χ2v) is 16.9. The number of imidazole rings is 1. The van der Waals surface area contributed by atoms with Crippen molar-refractivity contribution < 1.29 is 18.2 Å². The second-order valence-electron chi connectivity index (χ2n) is 13.0. The third-order valence-corrected chi connectivity index (χ3v) is 12.4. The van der Waals surface area contributed by atoms with E-state index in [-0.39, 0.29) is 17.1 Å². The molecule has 2 saturated heterocycles. The smallest absolute Gasteiger partial charge is 0.210 e. The lowest BCUT2D eigenvalue weighted by Gasteiger charge is -2.44. The Bertz CT molecular complexity index is 1390. The number of ether oxygens (including phenoxy) is 2. The molecule has 4 heterocycles. The fraction of sp³-hybridized carbons (Fsp3) is 0.588. The first-order chi connectivity index (χ1) is 21.1. The highest BCUT2D eigenvalue weighted by atomic mass is 32.3. The Morgan fingerprint density at radius 3 is 2.55 bits per heavy atom. The summed E-state index contributed by atoms with van der Waals surface area (Å²) in [4.78, 5) is 9.47. The molecule has 0 saturated carbocycles. The van der Waals surface area contributed by atoms with Crippen LogP contribution in [0.2, 0.25) is 0 Å². The Balaban J connectivity index is 1.08. The van der Waals surface area contributed by atoms with Crippen LogP contribution in [0.25, 0.3) is 0 Å². The maximum atomic E-state index is 6.33. The van der Waals surface area contributed by atoms with Crippen LogP contribution >= 0.6 is 10.3 Å². The first-order valence-electron chi connectivity index (χ1n) is 15.8. The lowest BCUT2D eigenvalue weighted by atomic mass is 10.1. The van der Waals surface area contributed by atoms with Crippen LogP contribution in [0.4, 0.5) is 5.69 Å². The fourth-order valence-corrected chi connectivity index (χ4v) is 6.05. The summed E-state index contributed by atoms with van der Waals surface area (Å²) in [5, 5.41) is 4.23. The molecule has 2 fully saturated rings. The van der Waals surface area contributed by atoms with E-state index < -0.39 is 10.3 Å². The van der Waals surface area contributed by atoms with E-state index in [4.69, 9.17) is 18.2 Å². The minimum Gasteiger partial charge on any atom is -0.369 e. The van der Waals surface area contributed by atoms with Crippen molar-refractivity contribution in [1.29, 1.82) is 0 Å². The average molecular weight is 624 g/mol. The maximum absolute atomic E-state index is 6.33. The zero-order chi connectivity index (χ0) is 31.2. The van der Waals surface area contributed by atoms with E-state index in [9.17, 15) is 0 Å². The Hall–Kier alpha value is -2.81.